The largest absolute Gasteiger partial charge is 0.481 e. The summed E-state index contributed by atoms with van der Waals surface area (Å²) in [6.45, 7) is 0.358. The molecule has 0 saturated heterocycles. The molecule has 3 amide bonds. The Hall–Kier alpha value is -2.77. The van der Waals surface area contributed by atoms with Gasteiger partial charge in [0.1, 0.15) is 12.6 Å². The van der Waals surface area contributed by atoms with Gasteiger partial charge in [0.15, 0.2) is 0 Å². The molecule has 0 bridgehead atoms. The Morgan fingerprint density at radius 2 is 1.05 bits per heavy atom. The molecule has 0 aromatic heterocycles. The van der Waals surface area contributed by atoms with Gasteiger partial charge in [0.25, 0.3) is 0 Å². The third kappa shape index (κ3) is 29.3. The molecule has 1 radical (unpaired) electrons. The highest BCUT2D eigenvalue weighted by Crippen LogP contribution is 2.14. The Bertz CT molecular complexity index is 782. The molecule has 0 aromatic rings. The zero-order valence-electron chi connectivity index (χ0n) is 26.4. The second kappa shape index (κ2) is 30.3. The van der Waals surface area contributed by atoms with E-state index in [0.717, 1.165) is 38.5 Å². The number of ether oxygens (including phenoxy) is 2. The second-order valence-electron chi connectivity index (χ2n) is 10.9. The molecule has 0 aliphatic carbocycles. The van der Waals surface area contributed by atoms with Crippen LogP contribution in [0.25, 0.3) is 0 Å². The third-order valence-corrected chi connectivity index (χ3v) is 6.94. The van der Waals surface area contributed by atoms with Gasteiger partial charge in [-0.15, -0.1) is 0 Å². The maximum atomic E-state index is 12.2. The van der Waals surface area contributed by atoms with Gasteiger partial charge >= 0.3 is 11.9 Å². The summed E-state index contributed by atoms with van der Waals surface area (Å²) in [6, 6.07) is -1.12. The molecule has 1 atom stereocenters. The molecule has 0 aliphatic rings. The zero-order valence-corrected chi connectivity index (χ0v) is 26.4. The van der Waals surface area contributed by atoms with Crippen LogP contribution in [-0.4, -0.2) is 92.0 Å². The number of aliphatic carboxylic acids is 2. The minimum absolute atomic E-state index is 0.0111. The molecular formula is C31H56N3O10. The molecular weight excluding hydrogens is 574 g/mol. The van der Waals surface area contributed by atoms with Gasteiger partial charge in [0.2, 0.25) is 17.7 Å². The number of hydrogen-bond acceptors (Lipinski definition) is 7. The number of hydrogen-bond donors (Lipinski definition) is 5. The monoisotopic (exact) mass is 630 g/mol. The van der Waals surface area contributed by atoms with Crippen molar-refractivity contribution in [3.05, 3.63) is 0 Å². The van der Waals surface area contributed by atoms with Crippen molar-refractivity contribution in [2.75, 3.05) is 46.1 Å². The predicted octanol–water partition coefficient (Wildman–Crippen LogP) is 3.36. The van der Waals surface area contributed by atoms with Crippen LogP contribution < -0.4 is 16.0 Å². The predicted molar refractivity (Wildman–Crippen MR) is 164 cm³/mol. The first-order valence-electron chi connectivity index (χ1n) is 16.3. The molecule has 44 heavy (non-hydrogen) atoms. The summed E-state index contributed by atoms with van der Waals surface area (Å²) in [5, 5.41) is 35.8. The van der Waals surface area contributed by atoms with E-state index in [1.54, 1.807) is 0 Å². The van der Waals surface area contributed by atoms with E-state index in [1.807, 2.05) is 0 Å². The van der Waals surface area contributed by atoms with E-state index in [4.69, 9.17) is 14.6 Å². The van der Waals surface area contributed by atoms with E-state index < -0.39 is 24.6 Å². The molecule has 0 saturated carbocycles. The summed E-state index contributed by atoms with van der Waals surface area (Å²) in [5.74, 6) is -2.92. The Morgan fingerprint density at radius 1 is 0.545 bits per heavy atom. The summed E-state index contributed by atoms with van der Waals surface area (Å²) in [5.41, 5.74) is 0. The number of carboxylic acids is 2. The molecule has 0 aromatic carbocycles. The van der Waals surface area contributed by atoms with Gasteiger partial charge < -0.3 is 35.6 Å². The topological polar surface area (TPSA) is 200 Å². The standard InChI is InChI=1S/C31H56N3O10/c35-21-19-32-29(38)25-44-24-23-43-22-20-33-27(36)18-17-26(31(41)42)34-28(37)15-13-11-9-7-5-3-1-2-4-6-8-10-12-14-16-30(39)40/h26H,1-25H2,(H,32,38)(H,33,36)(H,34,37)(H,39,40)(H,41,42)/t26-/m0/s1. The lowest BCUT2D eigenvalue weighted by Crippen LogP contribution is -2.41. The minimum Gasteiger partial charge on any atom is -0.481 e. The van der Waals surface area contributed by atoms with Crippen molar-refractivity contribution in [2.24, 2.45) is 0 Å². The molecule has 255 valence electrons. The van der Waals surface area contributed by atoms with Crippen molar-refractivity contribution in [1.82, 2.24) is 16.0 Å². The lowest BCUT2D eigenvalue weighted by molar-refractivity contribution is -0.142. The molecule has 0 rings (SSSR count). The van der Waals surface area contributed by atoms with Gasteiger partial charge in [-0.1, -0.05) is 77.0 Å². The number of nitrogens with one attached hydrogen (secondary N) is 3. The van der Waals surface area contributed by atoms with E-state index in [1.165, 1.54) is 44.9 Å². The zero-order chi connectivity index (χ0) is 32.7. The van der Waals surface area contributed by atoms with Crippen molar-refractivity contribution in [1.29, 1.82) is 0 Å². The summed E-state index contributed by atoms with van der Waals surface area (Å²) >= 11 is 0. The van der Waals surface area contributed by atoms with Gasteiger partial charge in [-0.3, -0.25) is 19.2 Å². The number of carbonyl (C=O) groups is 5. The highest BCUT2D eigenvalue weighted by atomic mass is 16.5. The summed E-state index contributed by atoms with van der Waals surface area (Å²) in [4.78, 5) is 57.5. The van der Waals surface area contributed by atoms with Crippen LogP contribution in [0.1, 0.15) is 116 Å². The van der Waals surface area contributed by atoms with Crippen LogP contribution in [0.4, 0.5) is 0 Å². The van der Waals surface area contributed by atoms with E-state index in [2.05, 4.69) is 16.0 Å². The first kappa shape index (κ1) is 41.2. The highest BCUT2D eigenvalue weighted by molar-refractivity contribution is 5.84. The molecule has 0 aliphatic heterocycles. The summed E-state index contributed by atoms with van der Waals surface area (Å²) < 4.78 is 10.4. The number of carboxylic acid groups (broad SMARTS) is 2. The van der Waals surface area contributed by atoms with E-state index in [-0.39, 0.29) is 82.9 Å². The van der Waals surface area contributed by atoms with Gasteiger partial charge in [-0.2, -0.15) is 0 Å². The lowest BCUT2D eigenvalue weighted by Gasteiger charge is -2.14. The molecule has 0 heterocycles. The fraction of sp³-hybridized carbons (Fsp3) is 0.839. The number of rotatable bonds is 32. The maximum Gasteiger partial charge on any atom is 0.326 e. The Morgan fingerprint density at radius 3 is 1.57 bits per heavy atom. The summed E-state index contributed by atoms with van der Waals surface area (Å²) in [6.07, 6.45) is 15.7. The van der Waals surface area contributed by atoms with Crippen molar-refractivity contribution in [3.63, 3.8) is 0 Å². The van der Waals surface area contributed by atoms with Crippen molar-refractivity contribution >= 4 is 29.7 Å². The van der Waals surface area contributed by atoms with E-state index in [0.29, 0.717) is 6.42 Å². The molecule has 0 fully saturated rings. The minimum atomic E-state index is -1.17. The number of unbranched alkanes of at least 4 members (excludes halogenated alkanes) is 13. The van der Waals surface area contributed by atoms with Crippen LogP contribution >= 0.6 is 0 Å². The first-order chi connectivity index (χ1) is 21.3. The van der Waals surface area contributed by atoms with Gasteiger partial charge in [-0.05, 0) is 19.3 Å². The van der Waals surface area contributed by atoms with E-state index >= 15 is 0 Å². The Labute approximate surface area is 262 Å². The van der Waals surface area contributed by atoms with Gasteiger partial charge in [-0.25, -0.2) is 9.90 Å². The average molecular weight is 631 g/mol. The molecule has 5 N–H and O–H groups in total. The van der Waals surface area contributed by atoms with E-state index in [9.17, 15) is 34.2 Å². The number of carbonyl (C=O) groups excluding carboxylic acids is 3. The quantitative estimate of drug-likeness (QED) is 0.0691. The maximum absolute atomic E-state index is 12.2. The Balaban J connectivity index is 3.67. The van der Waals surface area contributed by atoms with Gasteiger partial charge in [0, 0.05) is 32.4 Å². The van der Waals surface area contributed by atoms with Crippen LogP contribution in [0.15, 0.2) is 0 Å². The van der Waals surface area contributed by atoms with Crippen molar-refractivity contribution < 1.29 is 48.8 Å². The average Bonchev–Trinajstić information content (AvgIpc) is 2.98. The van der Waals surface area contributed by atoms with Gasteiger partial charge in [0.05, 0.1) is 26.4 Å². The summed E-state index contributed by atoms with van der Waals surface area (Å²) in [7, 11) is 0. The normalized spacial score (nSPS) is 11.6. The molecule has 0 spiro atoms. The van der Waals surface area contributed by atoms with Crippen LogP contribution in [0.3, 0.4) is 0 Å². The molecule has 13 nitrogen and oxygen atoms in total. The third-order valence-electron chi connectivity index (χ3n) is 6.94. The van der Waals surface area contributed by atoms with Crippen LogP contribution in [0, 0.1) is 0 Å². The van der Waals surface area contributed by atoms with Crippen molar-refractivity contribution in [3.8, 4) is 0 Å². The SMILES string of the molecule is [O]CCNC(=O)COCCOCCNC(=O)CC[C@H](NC(=O)CCCCCCCCCCCCCCCCC(=O)O)C(=O)O. The van der Waals surface area contributed by atoms with Crippen molar-refractivity contribution in [2.45, 2.75) is 122 Å². The smallest absolute Gasteiger partial charge is 0.326 e. The van der Waals surface area contributed by atoms with Crippen LogP contribution in [0.5, 0.6) is 0 Å². The van der Waals surface area contributed by atoms with Crippen LogP contribution in [0.2, 0.25) is 0 Å². The fourth-order valence-corrected chi connectivity index (χ4v) is 4.46. The first-order valence-corrected chi connectivity index (χ1v) is 16.3. The second-order valence-corrected chi connectivity index (χ2v) is 10.9. The molecule has 0 unspecified atom stereocenters. The van der Waals surface area contributed by atoms with Crippen LogP contribution in [-0.2, 0) is 38.6 Å². The lowest BCUT2D eigenvalue weighted by atomic mass is 10.0. The molecule has 13 heteroatoms. The fourth-order valence-electron chi connectivity index (χ4n) is 4.46. The number of amides is 3. The Kier molecular flexibility index (Phi) is 28.4. The highest BCUT2D eigenvalue weighted by Gasteiger charge is 2.20.